The first-order valence-electron chi connectivity index (χ1n) is 11.2. The highest BCUT2D eigenvalue weighted by Crippen LogP contribution is 2.31. The highest BCUT2D eigenvalue weighted by molar-refractivity contribution is 5.78. The molecule has 2 aromatic carbocycles. The van der Waals surface area contributed by atoms with Gasteiger partial charge in [-0.05, 0) is 42.2 Å². The van der Waals surface area contributed by atoms with Gasteiger partial charge in [-0.1, -0.05) is 43.2 Å². The number of aliphatic hydroxyl groups excluding tert-OH is 1. The molecule has 1 amide bonds. The number of aliphatic hydroxyl groups is 1. The van der Waals surface area contributed by atoms with Gasteiger partial charge >= 0.3 is 0 Å². The Morgan fingerprint density at radius 1 is 1.13 bits per heavy atom. The van der Waals surface area contributed by atoms with Crippen molar-refractivity contribution in [3.8, 4) is 0 Å². The molecule has 5 nitrogen and oxygen atoms in total. The summed E-state index contributed by atoms with van der Waals surface area (Å²) in [7, 11) is 0. The van der Waals surface area contributed by atoms with Crippen molar-refractivity contribution in [2.24, 2.45) is 0 Å². The maximum Gasteiger partial charge on any atom is 0.224 e. The van der Waals surface area contributed by atoms with Gasteiger partial charge < -0.3 is 19.6 Å². The van der Waals surface area contributed by atoms with Crippen molar-refractivity contribution in [3.05, 3.63) is 65.5 Å². The van der Waals surface area contributed by atoms with Gasteiger partial charge in [0.05, 0.1) is 19.3 Å². The Kier molecular flexibility index (Phi) is 7.20. The number of hydrogen-bond donors (Lipinski definition) is 1. The smallest absolute Gasteiger partial charge is 0.224 e. The van der Waals surface area contributed by atoms with Crippen molar-refractivity contribution in [2.45, 2.75) is 57.4 Å². The fraction of sp³-hybridized carbons (Fsp3) is 0.480. The average molecular weight is 427 g/mol. The molecule has 0 spiro atoms. The van der Waals surface area contributed by atoms with Crippen molar-refractivity contribution >= 4 is 11.6 Å². The highest BCUT2D eigenvalue weighted by Gasteiger charge is 2.30. The zero-order valence-electron chi connectivity index (χ0n) is 17.9. The monoisotopic (exact) mass is 426 g/mol. The minimum absolute atomic E-state index is 0.113. The summed E-state index contributed by atoms with van der Waals surface area (Å²) in [5.74, 6) is -0.188. The number of ether oxygens (including phenoxy) is 1. The van der Waals surface area contributed by atoms with Gasteiger partial charge in [0, 0.05) is 37.8 Å². The van der Waals surface area contributed by atoms with E-state index in [9.17, 15) is 14.3 Å². The number of anilines is 1. The van der Waals surface area contributed by atoms with Gasteiger partial charge in [0.1, 0.15) is 5.82 Å². The predicted molar refractivity (Wildman–Crippen MR) is 118 cm³/mol. The number of halogens is 1. The summed E-state index contributed by atoms with van der Waals surface area (Å²) in [4.78, 5) is 16.9. The molecule has 2 aliphatic rings. The summed E-state index contributed by atoms with van der Waals surface area (Å²) >= 11 is 0. The van der Waals surface area contributed by atoms with E-state index in [2.05, 4.69) is 0 Å². The fourth-order valence-electron chi connectivity index (χ4n) is 4.69. The Morgan fingerprint density at radius 2 is 1.90 bits per heavy atom. The number of benzene rings is 2. The van der Waals surface area contributed by atoms with Gasteiger partial charge in [-0.2, -0.15) is 0 Å². The topological polar surface area (TPSA) is 53.0 Å². The van der Waals surface area contributed by atoms with Crippen LogP contribution in [0.25, 0.3) is 0 Å². The van der Waals surface area contributed by atoms with E-state index >= 15 is 0 Å². The van der Waals surface area contributed by atoms with E-state index in [0.717, 1.165) is 42.5 Å². The molecule has 1 N–H and O–H groups in total. The van der Waals surface area contributed by atoms with Crippen molar-refractivity contribution in [1.29, 1.82) is 0 Å². The zero-order valence-corrected chi connectivity index (χ0v) is 17.9. The lowest BCUT2D eigenvalue weighted by atomic mass is 10.0. The second-order valence-electron chi connectivity index (χ2n) is 8.58. The standard InChI is InChI=1S/C25H31FN2O3/c26-21-10-11-24-20(14-21)15-28(22-8-4-5-9-22)25(30)12-13-27(24)16-23(29)18-31-17-19-6-2-1-3-7-19/h1-3,6-7,10-11,14,22-23,29H,4-5,8-9,12-13,15-18H2/t23-/m1/s1. The Balaban J connectivity index is 1.43. The molecule has 0 saturated heterocycles. The lowest BCUT2D eigenvalue weighted by Crippen LogP contribution is -2.44. The van der Waals surface area contributed by atoms with Crippen LogP contribution in [0.3, 0.4) is 0 Å². The Morgan fingerprint density at radius 3 is 2.68 bits per heavy atom. The van der Waals surface area contributed by atoms with Crippen LogP contribution in [-0.4, -0.2) is 47.8 Å². The minimum Gasteiger partial charge on any atom is -0.389 e. The third-order valence-electron chi connectivity index (χ3n) is 6.26. The molecule has 1 aliphatic carbocycles. The van der Waals surface area contributed by atoms with Crippen molar-refractivity contribution in [3.63, 3.8) is 0 Å². The van der Waals surface area contributed by atoms with E-state index in [0.29, 0.717) is 32.7 Å². The molecule has 0 bridgehead atoms. The molecular weight excluding hydrogens is 395 g/mol. The summed E-state index contributed by atoms with van der Waals surface area (Å²) in [5, 5.41) is 10.6. The van der Waals surface area contributed by atoms with E-state index in [1.165, 1.54) is 12.1 Å². The Hall–Kier alpha value is -2.44. The number of hydrogen-bond acceptors (Lipinski definition) is 4. The van der Waals surface area contributed by atoms with Gasteiger partial charge in [-0.15, -0.1) is 0 Å². The molecule has 1 aliphatic heterocycles. The molecule has 2 aromatic rings. The third-order valence-corrected chi connectivity index (χ3v) is 6.26. The van der Waals surface area contributed by atoms with Gasteiger partial charge in [-0.3, -0.25) is 4.79 Å². The maximum atomic E-state index is 14.1. The first kappa shape index (κ1) is 21.8. The summed E-state index contributed by atoms with van der Waals surface area (Å²) in [5.41, 5.74) is 2.75. The quantitative estimate of drug-likeness (QED) is 0.730. The number of fused-ring (bicyclic) bond motifs is 1. The number of carbonyl (C=O) groups excluding carboxylic acids is 1. The highest BCUT2D eigenvalue weighted by atomic mass is 19.1. The molecule has 0 aromatic heterocycles. The average Bonchev–Trinajstić information content (AvgIpc) is 3.29. The summed E-state index contributed by atoms with van der Waals surface area (Å²) in [6, 6.07) is 14.8. The molecule has 1 heterocycles. The Bertz CT molecular complexity index is 870. The second-order valence-corrected chi connectivity index (χ2v) is 8.58. The van der Waals surface area contributed by atoms with E-state index in [-0.39, 0.29) is 24.4 Å². The molecule has 4 rings (SSSR count). The summed E-state index contributed by atoms with van der Waals surface area (Å²) in [6.07, 6.45) is 4.03. The zero-order chi connectivity index (χ0) is 21.6. The second kappa shape index (κ2) is 10.2. The van der Waals surface area contributed by atoms with Crippen LogP contribution in [0.15, 0.2) is 48.5 Å². The van der Waals surface area contributed by atoms with E-state index in [4.69, 9.17) is 4.74 Å². The number of amides is 1. The number of β-amino-alcohol motifs (C(OH)–C–C–N with tert-alkyl or cyclic N) is 1. The molecule has 1 atom stereocenters. The lowest BCUT2D eigenvalue weighted by molar-refractivity contribution is -0.134. The number of carbonyl (C=O) groups is 1. The molecule has 0 radical (unpaired) electrons. The van der Waals surface area contributed by atoms with E-state index in [1.807, 2.05) is 40.1 Å². The Labute approximate surface area is 183 Å². The first-order valence-corrected chi connectivity index (χ1v) is 11.2. The van der Waals surface area contributed by atoms with Crippen molar-refractivity contribution in [1.82, 2.24) is 4.90 Å². The van der Waals surface area contributed by atoms with Crippen LogP contribution in [0.5, 0.6) is 0 Å². The molecule has 166 valence electrons. The first-order chi connectivity index (χ1) is 15.1. The molecule has 6 heteroatoms. The third kappa shape index (κ3) is 5.63. The molecule has 1 fully saturated rings. The van der Waals surface area contributed by atoms with Crippen LogP contribution in [0.2, 0.25) is 0 Å². The molecule has 1 saturated carbocycles. The van der Waals surface area contributed by atoms with Crippen LogP contribution in [-0.2, 0) is 22.7 Å². The molecule has 31 heavy (non-hydrogen) atoms. The van der Waals surface area contributed by atoms with Crippen molar-refractivity contribution in [2.75, 3.05) is 24.6 Å². The van der Waals surface area contributed by atoms with Crippen LogP contribution >= 0.6 is 0 Å². The van der Waals surface area contributed by atoms with Crippen LogP contribution in [0, 0.1) is 5.82 Å². The minimum atomic E-state index is -0.706. The molecule has 0 unspecified atom stereocenters. The van der Waals surface area contributed by atoms with Gasteiger partial charge in [0.25, 0.3) is 0 Å². The van der Waals surface area contributed by atoms with Crippen LogP contribution in [0.4, 0.5) is 10.1 Å². The largest absolute Gasteiger partial charge is 0.389 e. The normalized spacial score (nSPS) is 18.6. The maximum absolute atomic E-state index is 14.1. The van der Waals surface area contributed by atoms with E-state index in [1.54, 1.807) is 6.07 Å². The van der Waals surface area contributed by atoms with Gasteiger partial charge in [0.15, 0.2) is 0 Å². The van der Waals surface area contributed by atoms with Gasteiger partial charge in [-0.25, -0.2) is 4.39 Å². The molecular formula is C25H31FN2O3. The van der Waals surface area contributed by atoms with Crippen LogP contribution in [0.1, 0.15) is 43.2 Å². The van der Waals surface area contributed by atoms with Crippen molar-refractivity contribution < 1.29 is 19.0 Å². The lowest BCUT2D eigenvalue weighted by Gasteiger charge is -2.36. The fourth-order valence-corrected chi connectivity index (χ4v) is 4.69. The number of rotatable bonds is 7. The summed E-state index contributed by atoms with van der Waals surface area (Å²) in [6.45, 7) is 1.90. The SMILES string of the molecule is O=C1CCN(C[C@@H](O)COCc2ccccc2)c2ccc(F)cc2CN1C1CCCC1. The predicted octanol–water partition coefficient (Wildman–Crippen LogP) is 3.88. The number of nitrogens with zero attached hydrogens (tertiary/aromatic N) is 2. The van der Waals surface area contributed by atoms with E-state index < -0.39 is 6.10 Å². The van der Waals surface area contributed by atoms with Gasteiger partial charge in [0.2, 0.25) is 5.91 Å². The van der Waals surface area contributed by atoms with Crippen LogP contribution < -0.4 is 4.90 Å². The summed E-state index contributed by atoms with van der Waals surface area (Å²) < 4.78 is 19.7.